The number of carbonyl (C=O) groups excluding carboxylic acids is 2. The number of fused-ring (bicyclic) bond motifs is 1. The van der Waals surface area contributed by atoms with Gasteiger partial charge in [-0.1, -0.05) is 0 Å². The summed E-state index contributed by atoms with van der Waals surface area (Å²) in [6, 6.07) is 7.49. The molecule has 5 rings (SSSR count). The molecule has 1 saturated carbocycles. The SMILES string of the molecule is COc1ccc(Cn2ncc3cc(C(=O)N4CCN(C(=O)C5CC5)CC4)cnc32)c(OC)c1. The van der Waals surface area contributed by atoms with Gasteiger partial charge < -0.3 is 19.3 Å². The topological polar surface area (TPSA) is 89.8 Å². The van der Waals surface area contributed by atoms with Crippen molar-refractivity contribution in [2.75, 3.05) is 40.4 Å². The molecular weight excluding hydrogens is 422 g/mol. The average molecular weight is 450 g/mol. The lowest BCUT2D eigenvalue weighted by molar-refractivity contribution is -0.134. The average Bonchev–Trinajstić information content (AvgIpc) is 3.64. The minimum atomic E-state index is -0.0625. The smallest absolute Gasteiger partial charge is 0.255 e. The van der Waals surface area contributed by atoms with Crippen LogP contribution in [-0.4, -0.2) is 76.8 Å². The molecule has 172 valence electrons. The number of hydrogen-bond acceptors (Lipinski definition) is 6. The van der Waals surface area contributed by atoms with Crippen LogP contribution in [0.4, 0.5) is 0 Å². The predicted molar refractivity (Wildman–Crippen MR) is 121 cm³/mol. The summed E-state index contributed by atoms with van der Waals surface area (Å²) < 4.78 is 12.5. The molecule has 1 aliphatic heterocycles. The molecule has 1 aromatic carbocycles. The van der Waals surface area contributed by atoms with Gasteiger partial charge in [0.15, 0.2) is 5.65 Å². The molecule has 3 heterocycles. The van der Waals surface area contributed by atoms with Gasteiger partial charge in [0.05, 0.1) is 32.5 Å². The number of piperazine rings is 1. The van der Waals surface area contributed by atoms with Crippen LogP contribution in [-0.2, 0) is 11.3 Å². The van der Waals surface area contributed by atoms with E-state index in [1.807, 2.05) is 29.2 Å². The lowest BCUT2D eigenvalue weighted by Crippen LogP contribution is -2.51. The van der Waals surface area contributed by atoms with Crippen molar-refractivity contribution >= 4 is 22.8 Å². The molecule has 1 saturated heterocycles. The molecule has 0 unspecified atom stereocenters. The predicted octanol–water partition coefficient (Wildman–Crippen LogP) is 2.19. The lowest BCUT2D eigenvalue weighted by Gasteiger charge is -2.34. The van der Waals surface area contributed by atoms with Crippen LogP contribution in [0, 0.1) is 5.92 Å². The van der Waals surface area contributed by atoms with Crippen LogP contribution >= 0.6 is 0 Å². The number of ether oxygens (including phenoxy) is 2. The third kappa shape index (κ3) is 4.22. The van der Waals surface area contributed by atoms with Crippen LogP contribution in [0.2, 0.25) is 0 Å². The number of aromatic nitrogens is 3. The molecule has 1 aliphatic carbocycles. The second kappa shape index (κ2) is 8.73. The van der Waals surface area contributed by atoms with Gasteiger partial charge in [-0.3, -0.25) is 9.59 Å². The minimum absolute atomic E-state index is 0.0625. The van der Waals surface area contributed by atoms with Crippen molar-refractivity contribution in [3.8, 4) is 11.5 Å². The number of carbonyl (C=O) groups is 2. The molecule has 0 bridgehead atoms. The Hall–Kier alpha value is -3.62. The van der Waals surface area contributed by atoms with E-state index in [4.69, 9.17) is 9.47 Å². The summed E-state index contributed by atoms with van der Waals surface area (Å²) in [5.74, 6) is 1.83. The Morgan fingerprint density at radius 3 is 2.45 bits per heavy atom. The van der Waals surface area contributed by atoms with Crippen LogP contribution in [0.25, 0.3) is 11.0 Å². The van der Waals surface area contributed by atoms with Gasteiger partial charge in [0.1, 0.15) is 11.5 Å². The molecule has 2 fully saturated rings. The Balaban J connectivity index is 1.29. The van der Waals surface area contributed by atoms with Crippen LogP contribution in [0.5, 0.6) is 11.5 Å². The summed E-state index contributed by atoms with van der Waals surface area (Å²) >= 11 is 0. The van der Waals surface area contributed by atoms with E-state index in [0.717, 1.165) is 29.5 Å². The molecule has 33 heavy (non-hydrogen) atoms. The zero-order chi connectivity index (χ0) is 22.9. The van der Waals surface area contributed by atoms with E-state index in [1.54, 1.807) is 36.2 Å². The number of benzene rings is 1. The van der Waals surface area contributed by atoms with Gasteiger partial charge >= 0.3 is 0 Å². The third-order valence-corrected chi connectivity index (χ3v) is 6.34. The van der Waals surface area contributed by atoms with Gasteiger partial charge in [-0.2, -0.15) is 5.10 Å². The zero-order valence-electron chi connectivity index (χ0n) is 18.9. The first-order valence-corrected chi connectivity index (χ1v) is 11.2. The van der Waals surface area contributed by atoms with Crippen LogP contribution < -0.4 is 9.47 Å². The van der Waals surface area contributed by atoms with E-state index in [1.165, 1.54) is 0 Å². The molecular formula is C24H27N5O4. The Morgan fingerprint density at radius 1 is 1.00 bits per heavy atom. The first kappa shape index (κ1) is 21.2. The number of pyridine rings is 1. The summed E-state index contributed by atoms with van der Waals surface area (Å²) in [7, 11) is 3.24. The number of amides is 2. The van der Waals surface area contributed by atoms with Gasteiger partial charge in [0.25, 0.3) is 5.91 Å². The molecule has 0 N–H and O–H groups in total. The maximum atomic E-state index is 13.0. The van der Waals surface area contributed by atoms with Crippen molar-refractivity contribution < 1.29 is 19.1 Å². The van der Waals surface area contributed by atoms with E-state index < -0.39 is 0 Å². The summed E-state index contributed by atoms with van der Waals surface area (Å²) in [5, 5.41) is 5.27. The fourth-order valence-electron chi connectivity index (χ4n) is 4.25. The second-order valence-electron chi connectivity index (χ2n) is 8.51. The molecule has 9 nitrogen and oxygen atoms in total. The summed E-state index contributed by atoms with van der Waals surface area (Å²) in [5.41, 5.74) is 2.18. The largest absolute Gasteiger partial charge is 0.497 e. The molecule has 2 amide bonds. The highest BCUT2D eigenvalue weighted by Gasteiger charge is 2.35. The number of rotatable bonds is 6. The van der Waals surface area contributed by atoms with Gasteiger partial charge in [0, 0.05) is 55.3 Å². The minimum Gasteiger partial charge on any atom is -0.497 e. The van der Waals surface area contributed by atoms with Gasteiger partial charge in [-0.05, 0) is 31.0 Å². The maximum Gasteiger partial charge on any atom is 0.255 e. The van der Waals surface area contributed by atoms with E-state index in [-0.39, 0.29) is 17.7 Å². The molecule has 0 radical (unpaired) electrons. The maximum absolute atomic E-state index is 13.0. The van der Waals surface area contributed by atoms with Crippen LogP contribution in [0.1, 0.15) is 28.8 Å². The van der Waals surface area contributed by atoms with Crippen molar-refractivity contribution in [1.82, 2.24) is 24.6 Å². The third-order valence-electron chi connectivity index (χ3n) is 6.34. The van der Waals surface area contributed by atoms with E-state index in [2.05, 4.69) is 10.1 Å². The lowest BCUT2D eigenvalue weighted by atomic mass is 10.2. The normalized spacial score (nSPS) is 16.2. The highest BCUT2D eigenvalue weighted by Crippen LogP contribution is 2.31. The Labute approximate surface area is 191 Å². The van der Waals surface area contributed by atoms with E-state index >= 15 is 0 Å². The monoisotopic (exact) mass is 449 g/mol. The highest BCUT2D eigenvalue weighted by molar-refractivity contribution is 5.97. The Bertz CT molecular complexity index is 1190. The molecule has 2 aromatic heterocycles. The highest BCUT2D eigenvalue weighted by atomic mass is 16.5. The second-order valence-corrected chi connectivity index (χ2v) is 8.51. The molecule has 9 heteroatoms. The quantitative estimate of drug-likeness (QED) is 0.573. The Kier molecular flexibility index (Phi) is 5.62. The van der Waals surface area contributed by atoms with E-state index in [0.29, 0.717) is 49.7 Å². The van der Waals surface area contributed by atoms with Crippen molar-refractivity contribution in [3.05, 3.63) is 47.8 Å². The molecule has 0 spiro atoms. The summed E-state index contributed by atoms with van der Waals surface area (Å²) in [6.07, 6.45) is 5.34. The molecule has 3 aromatic rings. The van der Waals surface area contributed by atoms with Crippen LogP contribution in [0.15, 0.2) is 36.7 Å². The Morgan fingerprint density at radius 2 is 1.76 bits per heavy atom. The van der Waals surface area contributed by atoms with Gasteiger partial charge in [-0.25, -0.2) is 9.67 Å². The first-order chi connectivity index (χ1) is 16.1. The number of methoxy groups -OCH3 is 2. The molecule has 0 atom stereocenters. The van der Waals surface area contributed by atoms with E-state index in [9.17, 15) is 9.59 Å². The van der Waals surface area contributed by atoms with Crippen molar-refractivity contribution in [2.24, 2.45) is 5.92 Å². The fourth-order valence-corrected chi connectivity index (χ4v) is 4.25. The van der Waals surface area contributed by atoms with Crippen molar-refractivity contribution in [3.63, 3.8) is 0 Å². The van der Waals surface area contributed by atoms with Crippen molar-refractivity contribution in [1.29, 1.82) is 0 Å². The first-order valence-electron chi connectivity index (χ1n) is 11.2. The summed E-state index contributed by atoms with van der Waals surface area (Å²) in [6.45, 7) is 2.77. The molecule has 2 aliphatic rings. The zero-order valence-corrected chi connectivity index (χ0v) is 18.9. The standard InChI is InChI=1S/C24H27N5O4/c1-32-20-6-5-17(21(12-20)33-2)15-29-22-18(14-26-29)11-19(13-25-22)24(31)28-9-7-27(8-10-28)23(30)16-3-4-16/h5-6,11-14,16H,3-4,7-10,15H2,1-2H3. The summed E-state index contributed by atoms with van der Waals surface area (Å²) in [4.78, 5) is 33.5. The number of hydrogen-bond donors (Lipinski definition) is 0. The fraction of sp³-hybridized carbons (Fsp3) is 0.417. The number of nitrogens with zero attached hydrogens (tertiary/aromatic N) is 5. The van der Waals surface area contributed by atoms with Crippen molar-refractivity contribution in [2.45, 2.75) is 19.4 Å². The van der Waals surface area contributed by atoms with Crippen LogP contribution in [0.3, 0.4) is 0 Å². The van der Waals surface area contributed by atoms with Gasteiger partial charge in [-0.15, -0.1) is 0 Å². The van der Waals surface area contributed by atoms with Gasteiger partial charge in [0.2, 0.25) is 5.91 Å².